The fraction of sp³-hybridized carbons (Fsp3) is 0.625. The second kappa shape index (κ2) is 3.06. The average molecular weight is 228 g/mol. The highest BCUT2D eigenvalue weighted by atomic mass is 32.1. The molecule has 0 aliphatic carbocycles. The Morgan fingerprint density at radius 1 is 1.20 bits per heavy atom. The Bertz CT molecular complexity index is 359. The Morgan fingerprint density at radius 2 is 1.80 bits per heavy atom. The summed E-state index contributed by atoms with van der Waals surface area (Å²) in [7, 11) is 4.87. The van der Waals surface area contributed by atoms with Gasteiger partial charge in [0.15, 0.2) is 5.11 Å². The van der Waals surface area contributed by atoms with E-state index in [1.165, 1.54) is 11.9 Å². The van der Waals surface area contributed by atoms with Crippen molar-refractivity contribution in [2.45, 2.75) is 12.2 Å². The Hall–Kier alpha value is -1.37. The lowest BCUT2D eigenvalue weighted by molar-refractivity contribution is -0.135. The molecule has 2 saturated heterocycles. The van der Waals surface area contributed by atoms with Gasteiger partial charge in [0.25, 0.3) is 5.91 Å². The van der Waals surface area contributed by atoms with Crippen LogP contribution in [-0.4, -0.2) is 65.1 Å². The van der Waals surface area contributed by atoms with Gasteiger partial charge in [0.2, 0.25) is 0 Å². The topological polar surface area (TPSA) is 55.9 Å². The lowest BCUT2D eigenvalue weighted by Gasteiger charge is -2.38. The Balaban J connectivity index is 2.38. The fourth-order valence-electron chi connectivity index (χ4n) is 1.90. The molecule has 15 heavy (non-hydrogen) atoms. The zero-order valence-electron chi connectivity index (χ0n) is 8.72. The zero-order chi connectivity index (χ0) is 11.3. The largest absolute Gasteiger partial charge is 0.340 e. The van der Waals surface area contributed by atoms with Crippen LogP contribution in [0.15, 0.2) is 0 Å². The molecular weight excluding hydrogens is 216 g/mol. The van der Waals surface area contributed by atoms with Crippen molar-refractivity contribution in [3.63, 3.8) is 0 Å². The number of fused-ring (bicyclic) bond motifs is 1. The smallest absolute Gasteiger partial charge is 0.327 e. The van der Waals surface area contributed by atoms with Crippen molar-refractivity contribution >= 4 is 29.3 Å². The van der Waals surface area contributed by atoms with Gasteiger partial charge in [-0.3, -0.25) is 9.69 Å². The molecule has 1 N–H and O–H groups in total. The van der Waals surface area contributed by atoms with Crippen LogP contribution in [0, 0.1) is 0 Å². The first-order valence-electron chi connectivity index (χ1n) is 4.53. The van der Waals surface area contributed by atoms with Crippen molar-refractivity contribution in [3.8, 4) is 0 Å². The highest BCUT2D eigenvalue weighted by molar-refractivity contribution is 7.80. The van der Waals surface area contributed by atoms with E-state index in [0.29, 0.717) is 5.11 Å². The van der Waals surface area contributed by atoms with Crippen molar-refractivity contribution in [1.29, 1.82) is 0 Å². The Labute approximate surface area is 92.8 Å². The summed E-state index contributed by atoms with van der Waals surface area (Å²) in [5.74, 6) is -0.224. The quantitative estimate of drug-likeness (QED) is 0.540. The molecule has 0 unspecified atom stereocenters. The average Bonchev–Trinajstić information content (AvgIpc) is 2.50. The molecule has 7 heteroatoms. The molecule has 0 aromatic rings. The Morgan fingerprint density at radius 3 is 2.40 bits per heavy atom. The third kappa shape index (κ3) is 1.19. The molecule has 2 aliphatic heterocycles. The van der Waals surface area contributed by atoms with Crippen molar-refractivity contribution in [2.24, 2.45) is 0 Å². The van der Waals surface area contributed by atoms with Crippen LogP contribution in [0.25, 0.3) is 0 Å². The lowest BCUT2D eigenvalue weighted by atomic mass is 10.1. The number of amides is 3. The fourth-order valence-corrected chi connectivity index (χ4v) is 2.14. The highest BCUT2D eigenvalue weighted by Gasteiger charge is 2.50. The van der Waals surface area contributed by atoms with Crippen molar-refractivity contribution in [1.82, 2.24) is 20.0 Å². The zero-order valence-corrected chi connectivity index (χ0v) is 9.54. The second-order valence-corrected chi connectivity index (χ2v) is 4.13. The van der Waals surface area contributed by atoms with E-state index >= 15 is 0 Å². The van der Waals surface area contributed by atoms with E-state index < -0.39 is 6.04 Å². The van der Waals surface area contributed by atoms with Gasteiger partial charge in [0.1, 0.15) is 12.2 Å². The van der Waals surface area contributed by atoms with Crippen LogP contribution in [0.2, 0.25) is 0 Å². The van der Waals surface area contributed by atoms with E-state index in [-0.39, 0.29) is 18.1 Å². The lowest BCUT2D eigenvalue weighted by Crippen LogP contribution is -2.64. The number of hydrogen-bond donors (Lipinski definition) is 1. The summed E-state index contributed by atoms with van der Waals surface area (Å²) in [6.45, 7) is 0. The minimum Gasteiger partial charge on any atom is -0.340 e. The first kappa shape index (κ1) is 10.2. The second-order valence-electron chi connectivity index (χ2n) is 3.74. The number of imide groups is 1. The van der Waals surface area contributed by atoms with Gasteiger partial charge in [-0.05, 0) is 12.2 Å². The van der Waals surface area contributed by atoms with Crippen LogP contribution in [0.4, 0.5) is 4.79 Å². The van der Waals surface area contributed by atoms with Crippen LogP contribution in [-0.2, 0) is 4.79 Å². The minimum absolute atomic E-state index is 0.224. The molecule has 6 nitrogen and oxygen atoms in total. The number of nitrogens with one attached hydrogen (secondary N) is 1. The third-order valence-electron chi connectivity index (χ3n) is 2.90. The van der Waals surface area contributed by atoms with E-state index in [4.69, 9.17) is 12.2 Å². The van der Waals surface area contributed by atoms with Gasteiger partial charge in [-0.15, -0.1) is 0 Å². The number of thiocarbonyl (C=S) groups is 1. The molecule has 3 amide bonds. The summed E-state index contributed by atoms with van der Waals surface area (Å²) in [4.78, 5) is 27.8. The number of rotatable bonds is 0. The summed E-state index contributed by atoms with van der Waals surface area (Å²) >= 11 is 5.05. The van der Waals surface area contributed by atoms with Gasteiger partial charge in [0, 0.05) is 21.1 Å². The van der Waals surface area contributed by atoms with Crippen LogP contribution >= 0.6 is 12.2 Å². The predicted octanol–water partition coefficient (Wildman–Crippen LogP) is -0.975. The first-order valence-corrected chi connectivity index (χ1v) is 4.93. The molecule has 2 atom stereocenters. The SMILES string of the molecule is CN1C(=O)[C@@H]2[C@@H](NC(=S)N2C)N(C)C1=O. The molecule has 0 bridgehead atoms. The number of hydrogen-bond acceptors (Lipinski definition) is 3. The summed E-state index contributed by atoms with van der Waals surface area (Å²) in [5.41, 5.74) is 0. The van der Waals surface area contributed by atoms with Crippen molar-refractivity contribution in [3.05, 3.63) is 0 Å². The van der Waals surface area contributed by atoms with Crippen LogP contribution in [0.3, 0.4) is 0 Å². The third-order valence-corrected chi connectivity index (χ3v) is 3.30. The van der Waals surface area contributed by atoms with Crippen LogP contribution < -0.4 is 5.32 Å². The van der Waals surface area contributed by atoms with Crippen LogP contribution in [0.1, 0.15) is 0 Å². The van der Waals surface area contributed by atoms with E-state index in [9.17, 15) is 9.59 Å². The molecule has 0 spiro atoms. The molecular formula is C8H12N4O2S. The monoisotopic (exact) mass is 228 g/mol. The van der Waals surface area contributed by atoms with E-state index in [2.05, 4.69) is 5.32 Å². The Kier molecular flexibility index (Phi) is 2.07. The molecule has 82 valence electrons. The van der Waals surface area contributed by atoms with E-state index in [0.717, 1.165) is 4.90 Å². The number of carbonyl (C=O) groups excluding carboxylic acids is 2. The standard InChI is InChI=1S/C8H12N4O2S/c1-10-4-5(9-7(10)15)11(2)8(14)12(3)6(4)13/h4-5H,1-3H3,(H,9,15)/t4-,5-/m0/s1. The molecule has 2 aliphatic rings. The van der Waals surface area contributed by atoms with Gasteiger partial charge in [-0.2, -0.15) is 0 Å². The maximum Gasteiger partial charge on any atom is 0.327 e. The summed E-state index contributed by atoms with van der Waals surface area (Å²) < 4.78 is 0. The number of likely N-dealkylation sites (N-methyl/N-ethyl adjacent to an activating group) is 3. The molecule has 2 fully saturated rings. The molecule has 0 aromatic carbocycles. The van der Waals surface area contributed by atoms with Gasteiger partial charge >= 0.3 is 6.03 Å². The van der Waals surface area contributed by atoms with Gasteiger partial charge in [0.05, 0.1) is 0 Å². The number of carbonyl (C=O) groups is 2. The highest BCUT2D eigenvalue weighted by Crippen LogP contribution is 2.22. The molecule has 2 rings (SSSR count). The predicted molar refractivity (Wildman–Crippen MR) is 57.0 cm³/mol. The molecule has 0 radical (unpaired) electrons. The van der Waals surface area contributed by atoms with Crippen molar-refractivity contribution in [2.75, 3.05) is 21.1 Å². The van der Waals surface area contributed by atoms with Gasteiger partial charge in [-0.1, -0.05) is 0 Å². The maximum absolute atomic E-state index is 11.9. The van der Waals surface area contributed by atoms with Gasteiger partial charge < -0.3 is 15.1 Å². The maximum atomic E-state index is 11.9. The van der Waals surface area contributed by atoms with Gasteiger partial charge in [-0.25, -0.2) is 4.79 Å². The minimum atomic E-state index is -0.412. The normalized spacial score (nSPS) is 30.9. The van der Waals surface area contributed by atoms with Crippen LogP contribution in [0.5, 0.6) is 0 Å². The van der Waals surface area contributed by atoms with Crippen molar-refractivity contribution < 1.29 is 9.59 Å². The first-order chi connectivity index (χ1) is 6.95. The summed E-state index contributed by atoms with van der Waals surface area (Å²) in [6, 6.07) is -0.725. The molecule has 0 saturated carbocycles. The number of nitrogens with zero attached hydrogens (tertiary/aromatic N) is 3. The van der Waals surface area contributed by atoms with E-state index in [1.807, 2.05) is 0 Å². The summed E-state index contributed by atoms with van der Waals surface area (Å²) in [6.07, 6.45) is -0.348. The molecule has 0 aromatic heterocycles. The van der Waals surface area contributed by atoms with E-state index in [1.54, 1.807) is 19.0 Å². The number of urea groups is 1. The molecule has 2 heterocycles. The summed E-state index contributed by atoms with van der Waals surface area (Å²) in [5, 5.41) is 3.45.